The van der Waals surface area contributed by atoms with Gasteiger partial charge in [-0.3, -0.25) is 4.79 Å². The number of halogens is 1. The summed E-state index contributed by atoms with van der Waals surface area (Å²) in [6.07, 6.45) is -0.625. The molecule has 6 heteroatoms. The van der Waals surface area contributed by atoms with Crippen LogP contribution in [0.5, 0.6) is 17.2 Å². The topological polar surface area (TPSA) is 56.8 Å². The smallest absolute Gasteiger partial charge is 0.261 e. The Balaban J connectivity index is 1.55. The Morgan fingerprint density at radius 3 is 2.62 bits per heavy atom. The minimum absolute atomic E-state index is 0.195. The van der Waals surface area contributed by atoms with Crippen molar-refractivity contribution in [2.45, 2.75) is 19.6 Å². The predicted molar refractivity (Wildman–Crippen MR) is 90.8 cm³/mol. The molecule has 1 aliphatic heterocycles. The SMILES string of the molecule is CC(Oc1ccc2c(c1)OCCO2)C(=O)NCc1ccc(Cl)cc1. The van der Waals surface area contributed by atoms with Crippen molar-refractivity contribution >= 4 is 17.5 Å². The summed E-state index contributed by atoms with van der Waals surface area (Å²) in [7, 11) is 0. The van der Waals surface area contributed by atoms with Crippen LogP contribution in [0.25, 0.3) is 0 Å². The summed E-state index contributed by atoms with van der Waals surface area (Å²) in [5.74, 6) is 1.69. The van der Waals surface area contributed by atoms with Crippen molar-refractivity contribution in [2.75, 3.05) is 13.2 Å². The number of fused-ring (bicyclic) bond motifs is 1. The van der Waals surface area contributed by atoms with Gasteiger partial charge in [0.05, 0.1) is 0 Å². The highest BCUT2D eigenvalue weighted by atomic mass is 35.5. The summed E-state index contributed by atoms with van der Waals surface area (Å²) < 4.78 is 16.6. The first-order valence-electron chi connectivity index (χ1n) is 7.70. The lowest BCUT2D eigenvalue weighted by molar-refractivity contribution is -0.127. The van der Waals surface area contributed by atoms with Crippen LogP contribution in [0.3, 0.4) is 0 Å². The zero-order chi connectivity index (χ0) is 16.9. The number of rotatable bonds is 5. The molecule has 0 aromatic heterocycles. The average molecular weight is 348 g/mol. The molecular weight excluding hydrogens is 330 g/mol. The second-order valence-corrected chi connectivity index (χ2v) is 5.85. The number of nitrogens with one attached hydrogen (secondary N) is 1. The molecule has 5 nitrogen and oxygen atoms in total. The Bertz CT molecular complexity index is 717. The van der Waals surface area contributed by atoms with Gasteiger partial charge in [0.15, 0.2) is 17.6 Å². The van der Waals surface area contributed by atoms with Crippen molar-refractivity contribution in [1.29, 1.82) is 0 Å². The van der Waals surface area contributed by atoms with E-state index >= 15 is 0 Å². The number of amides is 1. The second kappa shape index (κ2) is 7.45. The van der Waals surface area contributed by atoms with Crippen LogP contribution in [0.4, 0.5) is 0 Å². The number of carbonyl (C=O) groups excluding carboxylic acids is 1. The van der Waals surface area contributed by atoms with Crippen LogP contribution < -0.4 is 19.5 Å². The number of hydrogen-bond acceptors (Lipinski definition) is 4. The molecule has 24 heavy (non-hydrogen) atoms. The van der Waals surface area contributed by atoms with E-state index in [0.717, 1.165) is 5.56 Å². The Hall–Kier alpha value is -2.40. The fraction of sp³-hybridized carbons (Fsp3) is 0.278. The molecule has 1 atom stereocenters. The lowest BCUT2D eigenvalue weighted by Gasteiger charge is -2.20. The van der Waals surface area contributed by atoms with E-state index in [1.807, 2.05) is 12.1 Å². The maximum Gasteiger partial charge on any atom is 0.261 e. The molecular formula is C18H18ClNO4. The molecule has 3 rings (SSSR count). The van der Waals surface area contributed by atoms with Crippen LogP contribution >= 0.6 is 11.6 Å². The summed E-state index contributed by atoms with van der Waals surface area (Å²) >= 11 is 5.84. The fourth-order valence-corrected chi connectivity index (χ4v) is 2.42. The number of hydrogen-bond donors (Lipinski definition) is 1. The highest BCUT2D eigenvalue weighted by molar-refractivity contribution is 6.30. The summed E-state index contributed by atoms with van der Waals surface area (Å²) in [4.78, 5) is 12.2. The van der Waals surface area contributed by atoms with Gasteiger partial charge in [0.1, 0.15) is 19.0 Å². The summed E-state index contributed by atoms with van der Waals surface area (Å²) in [5, 5.41) is 3.50. The first-order chi connectivity index (χ1) is 11.6. The van der Waals surface area contributed by atoms with Crippen LogP contribution in [0, 0.1) is 0 Å². The van der Waals surface area contributed by atoms with Crippen LogP contribution in [0.2, 0.25) is 5.02 Å². The number of benzene rings is 2. The summed E-state index contributed by atoms with van der Waals surface area (Å²) in [6.45, 7) is 3.17. The van der Waals surface area contributed by atoms with Crippen LogP contribution in [0.1, 0.15) is 12.5 Å². The van der Waals surface area contributed by atoms with E-state index in [1.54, 1.807) is 37.3 Å². The molecule has 126 valence electrons. The lowest BCUT2D eigenvalue weighted by atomic mass is 10.2. The van der Waals surface area contributed by atoms with Crippen molar-refractivity contribution < 1.29 is 19.0 Å². The highest BCUT2D eigenvalue weighted by Crippen LogP contribution is 2.33. The minimum Gasteiger partial charge on any atom is -0.486 e. The summed E-state index contributed by atoms with van der Waals surface area (Å²) in [6, 6.07) is 12.6. The number of ether oxygens (including phenoxy) is 3. The van der Waals surface area contributed by atoms with Gasteiger partial charge in [-0.15, -0.1) is 0 Å². The zero-order valence-electron chi connectivity index (χ0n) is 13.3. The lowest BCUT2D eigenvalue weighted by Crippen LogP contribution is -2.35. The van der Waals surface area contributed by atoms with E-state index in [-0.39, 0.29) is 5.91 Å². The van der Waals surface area contributed by atoms with Gasteiger partial charge in [-0.1, -0.05) is 23.7 Å². The van der Waals surface area contributed by atoms with Crippen LogP contribution in [-0.2, 0) is 11.3 Å². The van der Waals surface area contributed by atoms with Gasteiger partial charge in [0, 0.05) is 17.6 Å². The van der Waals surface area contributed by atoms with Crippen molar-refractivity contribution in [1.82, 2.24) is 5.32 Å². The first kappa shape index (κ1) is 16.5. The van der Waals surface area contributed by atoms with Gasteiger partial charge in [-0.05, 0) is 36.8 Å². The van der Waals surface area contributed by atoms with Crippen LogP contribution in [0.15, 0.2) is 42.5 Å². The van der Waals surface area contributed by atoms with E-state index < -0.39 is 6.10 Å². The van der Waals surface area contributed by atoms with E-state index in [2.05, 4.69) is 5.32 Å². The highest BCUT2D eigenvalue weighted by Gasteiger charge is 2.17. The maximum atomic E-state index is 12.2. The Morgan fingerprint density at radius 2 is 1.88 bits per heavy atom. The van der Waals surface area contributed by atoms with Crippen molar-refractivity contribution in [3.8, 4) is 17.2 Å². The third-order valence-corrected chi connectivity index (χ3v) is 3.83. The van der Waals surface area contributed by atoms with Gasteiger partial charge in [0.2, 0.25) is 0 Å². The molecule has 1 unspecified atom stereocenters. The van der Waals surface area contributed by atoms with Crippen molar-refractivity contribution in [2.24, 2.45) is 0 Å². The largest absolute Gasteiger partial charge is 0.486 e. The second-order valence-electron chi connectivity index (χ2n) is 5.41. The van der Waals surface area contributed by atoms with E-state index in [1.165, 1.54) is 0 Å². The molecule has 1 heterocycles. The van der Waals surface area contributed by atoms with Gasteiger partial charge in [-0.2, -0.15) is 0 Å². The van der Waals surface area contributed by atoms with Gasteiger partial charge in [0.25, 0.3) is 5.91 Å². The average Bonchev–Trinajstić information content (AvgIpc) is 2.61. The monoisotopic (exact) mass is 347 g/mol. The van der Waals surface area contributed by atoms with Crippen molar-refractivity contribution in [3.63, 3.8) is 0 Å². The third-order valence-electron chi connectivity index (χ3n) is 3.58. The minimum atomic E-state index is -0.625. The predicted octanol–water partition coefficient (Wildman–Crippen LogP) is 3.19. The molecule has 0 spiro atoms. The number of carbonyl (C=O) groups is 1. The molecule has 0 saturated carbocycles. The van der Waals surface area contributed by atoms with Crippen LogP contribution in [-0.4, -0.2) is 25.2 Å². The molecule has 1 amide bonds. The summed E-state index contributed by atoms with van der Waals surface area (Å²) in [5.41, 5.74) is 0.972. The molecule has 0 aliphatic carbocycles. The fourth-order valence-electron chi connectivity index (χ4n) is 2.29. The Morgan fingerprint density at radius 1 is 1.17 bits per heavy atom. The first-order valence-corrected chi connectivity index (χ1v) is 8.08. The van der Waals surface area contributed by atoms with E-state index in [0.29, 0.717) is 42.0 Å². The molecule has 2 aromatic rings. The van der Waals surface area contributed by atoms with Gasteiger partial charge >= 0.3 is 0 Å². The van der Waals surface area contributed by atoms with Gasteiger partial charge < -0.3 is 19.5 Å². The molecule has 1 aliphatic rings. The quantitative estimate of drug-likeness (QED) is 0.902. The zero-order valence-corrected chi connectivity index (χ0v) is 14.0. The van der Waals surface area contributed by atoms with E-state index in [9.17, 15) is 4.79 Å². The van der Waals surface area contributed by atoms with Crippen molar-refractivity contribution in [3.05, 3.63) is 53.1 Å². The Labute approximate surface area is 145 Å². The normalized spacial score (nSPS) is 13.9. The molecule has 2 aromatic carbocycles. The van der Waals surface area contributed by atoms with E-state index in [4.69, 9.17) is 25.8 Å². The molecule has 0 bridgehead atoms. The molecule has 0 radical (unpaired) electrons. The molecule has 0 saturated heterocycles. The third kappa shape index (κ3) is 4.11. The maximum absolute atomic E-state index is 12.2. The molecule has 1 N–H and O–H groups in total. The Kier molecular flexibility index (Phi) is 5.11. The standard InChI is InChI=1S/C18H18ClNO4/c1-12(18(21)20-11-13-2-4-14(19)5-3-13)24-15-6-7-16-17(10-15)23-9-8-22-16/h2-7,10,12H,8-9,11H2,1H3,(H,20,21). The van der Waals surface area contributed by atoms with Gasteiger partial charge in [-0.25, -0.2) is 0 Å². The molecule has 0 fully saturated rings.